The predicted octanol–water partition coefficient (Wildman–Crippen LogP) is -2.26. The first-order valence-electron chi connectivity index (χ1n) is 9.20. The Balaban J connectivity index is 2.60. The van der Waals surface area contributed by atoms with Gasteiger partial charge in [0.05, 0.1) is 32.9 Å². The van der Waals surface area contributed by atoms with E-state index in [0.717, 1.165) is 19.6 Å². The summed E-state index contributed by atoms with van der Waals surface area (Å²) < 4.78 is 0. The van der Waals surface area contributed by atoms with Crippen molar-refractivity contribution in [2.24, 2.45) is 0 Å². The molecule has 29 heavy (non-hydrogen) atoms. The second-order valence-corrected chi connectivity index (χ2v) is 7.95. The number of nitrogens with zero attached hydrogens (tertiary/aromatic N) is 4. The molecule has 2 aliphatic rings. The minimum Gasteiger partial charge on any atom is -0.395 e. The molecule has 1 atom stereocenters. The van der Waals surface area contributed by atoms with E-state index in [2.05, 4.69) is 0 Å². The molecule has 0 aromatic rings. The van der Waals surface area contributed by atoms with Gasteiger partial charge >= 0.3 is 12.1 Å². The first-order chi connectivity index (χ1) is 13.4. The quantitative estimate of drug-likeness (QED) is 0.322. The molecule has 0 radical (unpaired) electrons. The van der Waals surface area contributed by atoms with Crippen molar-refractivity contribution in [2.45, 2.75) is 51.0 Å². The summed E-state index contributed by atoms with van der Waals surface area (Å²) in [6.07, 6.45) is -3.24. The Labute approximate surface area is 167 Å². The smallest absolute Gasteiger partial charge is 0.329 e. The maximum atomic E-state index is 13.0. The summed E-state index contributed by atoms with van der Waals surface area (Å²) >= 11 is 0. The second-order valence-electron chi connectivity index (χ2n) is 7.95. The normalized spacial score (nSPS) is 22.5. The van der Waals surface area contributed by atoms with Crippen molar-refractivity contribution in [3.63, 3.8) is 0 Å². The van der Waals surface area contributed by atoms with Crippen LogP contribution in [-0.2, 0) is 9.59 Å². The lowest BCUT2D eigenvalue weighted by Crippen LogP contribution is -2.66. The third-order valence-electron chi connectivity index (χ3n) is 5.32. The lowest BCUT2D eigenvalue weighted by molar-refractivity contribution is -0.138. The van der Waals surface area contributed by atoms with Gasteiger partial charge in [-0.3, -0.25) is 29.2 Å². The minimum absolute atomic E-state index is 0.285. The van der Waals surface area contributed by atoms with Gasteiger partial charge in [0.1, 0.15) is 23.3 Å². The van der Waals surface area contributed by atoms with Crippen molar-refractivity contribution in [3.05, 3.63) is 0 Å². The lowest BCUT2D eigenvalue weighted by Gasteiger charge is -2.45. The van der Waals surface area contributed by atoms with Crippen LogP contribution < -0.4 is 0 Å². The third kappa shape index (κ3) is 3.35. The average Bonchev–Trinajstić information content (AvgIpc) is 2.92. The van der Waals surface area contributed by atoms with Crippen LogP contribution in [0.25, 0.3) is 0 Å². The molecule has 164 valence electrons. The second kappa shape index (κ2) is 7.86. The van der Waals surface area contributed by atoms with Gasteiger partial charge in [-0.2, -0.15) is 0 Å². The fraction of sp³-hybridized carbons (Fsp3) is 0.765. The van der Waals surface area contributed by atoms with E-state index < -0.39 is 67.0 Å². The highest BCUT2D eigenvalue weighted by Gasteiger charge is 2.62. The first kappa shape index (κ1) is 23.0. The number of carbonyl (C=O) groups excluding carboxylic acids is 4. The minimum atomic E-state index is -1.69. The van der Waals surface area contributed by atoms with Crippen LogP contribution in [0.1, 0.15) is 27.7 Å². The highest BCUT2D eigenvalue weighted by molar-refractivity contribution is 6.09. The number of aliphatic hydroxyl groups excluding tert-OH is 4. The van der Waals surface area contributed by atoms with Crippen LogP contribution >= 0.6 is 0 Å². The van der Waals surface area contributed by atoms with E-state index in [1.807, 2.05) is 0 Å². The van der Waals surface area contributed by atoms with Gasteiger partial charge in [-0.1, -0.05) is 0 Å². The Morgan fingerprint density at radius 3 is 1.38 bits per heavy atom. The van der Waals surface area contributed by atoms with Crippen molar-refractivity contribution in [2.75, 3.05) is 32.9 Å². The molecule has 0 aromatic heterocycles. The zero-order valence-electron chi connectivity index (χ0n) is 16.9. The molecule has 2 saturated heterocycles. The summed E-state index contributed by atoms with van der Waals surface area (Å²) in [5.74, 6) is -1.32. The number of hydrogen-bond donors (Lipinski definition) is 4. The van der Waals surface area contributed by atoms with Crippen LogP contribution in [0.3, 0.4) is 0 Å². The highest BCUT2D eigenvalue weighted by Crippen LogP contribution is 2.38. The van der Waals surface area contributed by atoms with E-state index in [9.17, 15) is 39.6 Å². The summed E-state index contributed by atoms with van der Waals surface area (Å²) in [7, 11) is 0. The van der Waals surface area contributed by atoms with Crippen molar-refractivity contribution < 1.29 is 39.6 Å². The Morgan fingerprint density at radius 1 is 0.759 bits per heavy atom. The van der Waals surface area contributed by atoms with E-state index in [-0.39, 0.29) is 13.1 Å². The topological polar surface area (TPSA) is 162 Å². The molecule has 12 heteroatoms. The summed E-state index contributed by atoms with van der Waals surface area (Å²) in [6.45, 7) is 3.24. The van der Waals surface area contributed by atoms with E-state index >= 15 is 0 Å². The summed E-state index contributed by atoms with van der Waals surface area (Å²) in [5, 5.41) is 38.5. The molecule has 2 aliphatic heterocycles. The van der Waals surface area contributed by atoms with Crippen LogP contribution in [0.5, 0.6) is 0 Å². The fourth-order valence-corrected chi connectivity index (χ4v) is 3.81. The van der Waals surface area contributed by atoms with Crippen molar-refractivity contribution in [3.8, 4) is 0 Å². The van der Waals surface area contributed by atoms with Crippen molar-refractivity contribution in [1.29, 1.82) is 0 Å². The Hall–Kier alpha value is -2.28. The maximum absolute atomic E-state index is 13.0. The van der Waals surface area contributed by atoms with Crippen LogP contribution in [-0.4, -0.2) is 120 Å². The van der Waals surface area contributed by atoms with E-state index in [4.69, 9.17) is 0 Å². The zero-order chi connectivity index (χ0) is 22.3. The Morgan fingerprint density at radius 2 is 1.10 bits per heavy atom. The fourth-order valence-electron chi connectivity index (χ4n) is 3.81. The van der Waals surface area contributed by atoms with Gasteiger partial charge in [-0.15, -0.1) is 0 Å². The standard InChI is InChI=1S/C17H28N4O8/c1-16(2)12(26)18(5-7-22)14(28)20(16)11(10(25)9-24)21-15(29)19(6-8-23)13(27)17(21,3)4/h10-11,22-25H,5-9H2,1-4H3. The largest absolute Gasteiger partial charge is 0.395 e. The summed E-state index contributed by atoms with van der Waals surface area (Å²) in [5.41, 5.74) is -3.06. The number of β-amino-alcohol motifs (C(OH)–C–C–N with tert-alkyl or cyclic N) is 2. The molecular weight excluding hydrogens is 388 g/mol. The molecule has 6 amide bonds. The van der Waals surface area contributed by atoms with E-state index in [1.54, 1.807) is 0 Å². The van der Waals surface area contributed by atoms with Gasteiger partial charge in [-0.05, 0) is 27.7 Å². The Kier molecular flexibility index (Phi) is 6.23. The van der Waals surface area contributed by atoms with Gasteiger partial charge in [0.25, 0.3) is 11.8 Å². The van der Waals surface area contributed by atoms with Gasteiger partial charge in [0, 0.05) is 0 Å². The molecule has 1 unspecified atom stereocenters. The van der Waals surface area contributed by atoms with Gasteiger partial charge in [0.2, 0.25) is 0 Å². The molecule has 0 spiro atoms. The zero-order valence-corrected chi connectivity index (χ0v) is 16.9. The van der Waals surface area contributed by atoms with Crippen molar-refractivity contribution in [1.82, 2.24) is 19.6 Å². The monoisotopic (exact) mass is 416 g/mol. The average molecular weight is 416 g/mol. The van der Waals surface area contributed by atoms with Crippen LogP contribution in [0, 0.1) is 0 Å². The molecule has 2 rings (SSSR count). The van der Waals surface area contributed by atoms with Crippen LogP contribution in [0.4, 0.5) is 9.59 Å². The lowest BCUT2D eigenvalue weighted by atomic mass is 9.98. The molecular formula is C17H28N4O8. The van der Waals surface area contributed by atoms with Gasteiger partial charge in [0.15, 0.2) is 0 Å². The summed E-state index contributed by atoms with van der Waals surface area (Å²) in [4.78, 5) is 54.9. The number of urea groups is 2. The van der Waals surface area contributed by atoms with Crippen LogP contribution in [0.15, 0.2) is 0 Å². The molecule has 0 saturated carbocycles. The van der Waals surface area contributed by atoms with E-state index in [1.165, 1.54) is 27.7 Å². The Bertz CT molecular complexity index is 656. The molecule has 2 fully saturated rings. The summed E-state index contributed by atoms with van der Waals surface area (Å²) in [6, 6.07) is -1.74. The van der Waals surface area contributed by atoms with Gasteiger partial charge in [-0.25, -0.2) is 9.59 Å². The van der Waals surface area contributed by atoms with Crippen LogP contribution in [0.2, 0.25) is 0 Å². The molecule has 0 bridgehead atoms. The SMILES string of the molecule is CC1(C)C(=O)N(CCO)C(=O)N1C(C(O)CO)N1C(=O)N(CCO)C(=O)C1(C)C. The first-order valence-corrected chi connectivity index (χ1v) is 9.20. The predicted molar refractivity (Wildman–Crippen MR) is 97.1 cm³/mol. The molecule has 2 heterocycles. The maximum Gasteiger partial charge on any atom is 0.329 e. The number of carbonyl (C=O) groups is 4. The number of rotatable bonds is 8. The molecule has 4 N–H and O–H groups in total. The van der Waals surface area contributed by atoms with Crippen molar-refractivity contribution >= 4 is 23.9 Å². The molecule has 0 aliphatic carbocycles. The number of amides is 6. The molecule has 12 nitrogen and oxygen atoms in total. The third-order valence-corrected chi connectivity index (χ3v) is 5.32. The van der Waals surface area contributed by atoms with Gasteiger partial charge < -0.3 is 20.4 Å². The number of aliphatic hydroxyl groups is 4. The molecule has 0 aromatic carbocycles. The number of imide groups is 2. The highest BCUT2D eigenvalue weighted by atomic mass is 16.3. The number of hydrogen-bond acceptors (Lipinski definition) is 8. The van der Waals surface area contributed by atoms with E-state index in [0.29, 0.717) is 0 Å².